The Morgan fingerprint density at radius 2 is 1.75 bits per heavy atom. The van der Waals surface area contributed by atoms with Crippen LogP contribution in [0.15, 0.2) is 4.42 Å². The molecule has 0 saturated heterocycles. The Kier molecular flexibility index (Phi) is 3.56. The summed E-state index contributed by atoms with van der Waals surface area (Å²) < 4.78 is 6.17. The predicted molar refractivity (Wildman–Crippen MR) is 71.2 cm³/mol. The number of rotatable bonds is 1. The monoisotopic (exact) mass is 334 g/mol. The third kappa shape index (κ3) is 2.76. The van der Waals surface area contributed by atoms with Gasteiger partial charge in [0.05, 0.1) is 0 Å². The van der Waals surface area contributed by atoms with E-state index in [2.05, 4.69) is 53.6 Å². The molecule has 4 heteroatoms. The highest BCUT2D eigenvalue weighted by molar-refractivity contribution is 14.1. The van der Waals surface area contributed by atoms with E-state index in [1.54, 1.807) is 0 Å². The molecule has 1 heterocycles. The van der Waals surface area contributed by atoms with Gasteiger partial charge in [0.2, 0.25) is 5.89 Å². The first-order valence-electron chi connectivity index (χ1n) is 5.95. The zero-order valence-electron chi connectivity index (χ0n) is 10.2. The maximum Gasteiger partial charge on any atom is 0.278 e. The van der Waals surface area contributed by atoms with Gasteiger partial charge < -0.3 is 4.42 Å². The van der Waals surface area contributed by atoms with Crippen LogP contribution in [-0.2, 0) is 0 Å². The molecule has 1 fully saturated rings. The zero-order chi connectivity index (χ0) is 11.8. The van der Waals surface area contributed by atoms with Crippen molar-refractivity contribution < 1.29 is 4.42 Å². The van der Waals surface area contributed by atoms with Crippen LogP contribution in [0.1, 0.15) is 58.3 Å². The summed E-state index contributed by atoms with van der Waals surface area (Å²) in [6, 6.07) is 0. The van der Waals surface area contributed by atoms with Gasteiger partial charge in [0.1, 0.15) is 0 Å². The van der Waals surface area contributed by atoms with Gasteiger partial charge in [-0.15, -0.1) is 10.2 Å². The second-order valence-electron chi connectivity index (χ2n) is 5.81. The van der Waals surface area contributed by atoms with E-state index in [0.717, 1.165) is 11.8 Å². The first-order chi connectivity index (χ1) is 7.47. The fourth-order valence-corrected chi connectivity index (χ4v) is 2.92. The molecular formula is C12H19IN2O. The highest BCUT2D eigenvalue weighted by Crippen LogP contribution is 2.42. The minimum absolute atomic E-state index is 0.439. The molecule has 0 spiro atoms. The van der Waals surface area contributed by atoms with Crippen LogP contribution in [0.2, 0.25) is 0 Å². The smallest absolute Gasteiger partial charge is 0.278 e. The Bertz CT molecular complexity index is 348. The molecule has 1 aromatic heterocycles. The summed E-state index contributed by atoms with van der Waals surface area (Å²) >= 11 is 2.07. The van der Waals surface area contributed by atoms with Crippen molar-refractivity contribution in [1.29, 1.82) is 0 Å². The van der Waals surface area contributed by atoms with Crippen LogP contribution in [0, 0.1) is 15.2 Å². The van der Waals surface area contributed by atoms with Crippen molar-refractivity contribution in [2.45, 2.75) is 52.4 Å². The Morgan fingerprint density at radius 3 is 2.19 bits per heavy atom. The molecule has 1 aromatic rings. The fraction of sp³-hybridized carbons (Fsp3) is 0.833. The second-order valence-corrected chi connectivity index (χ2v) is 6.73. The van der Waals surface area contributed by atoms with Gasteiger partial charge in [0.15, 0.2) is 0 Å². The van der Waals surface area contributed by atoms with Crippen molar-refractivity contribution in [3.05, 3.63) is 9.79 Å². The van der Waals surface area contributed by atoms with Crippen LogP contribution in [0.3, 0.4) is 0 Å². The summed E-state index contributed by atoms with van der Waals surface area (Å²) in [5.74, 6) is 2.18. The molecule has 1 aliphatic rings. The van der Waals surface area contributed by atoms with E-state index in [0.29, 0.717) is 15.2 Å². The summed E-state index contributed by atoms with van der Waals surface area (Å²) in [4.78, 5) is 0. The molecular weight excluding hydrogens is 315 g/mol. The standard InChI is InChI=1S/C12H19IN2O/c1-12(2,3)9-6-4-8(5-7-9)10-14-15-11(13)16-10/h8-9H,4-7H2,1-3H3. The average Bonchev–Trinajstić information content (AvgIpc) is 2.64. The Balaban J connectivity index is 1.95. The van der Waals surface area contributed by atoms with Crippen LogP contribution in [0.4, 0.5) is 0 Å². The van der Waals surface area contributed by atoms with Crippen LogP contribution in [0.25, 0.3) is 0 Å². The fourth-order valence-electron chi connectivity index (χ4n) is 2.59. The van der Waals surface area contributed by atoms with Crippen molar-refractivity contribution >= 4 is 22.6 Å². The quantitative estimate of drug-likeness (QED) is 0.729. The van der Waals surface area contributed by atoms with Gasteiger partial charge in [-0.2, -0.15) is 0 Å². The predicted octanol–water partition coefficient (Wildman–Crippen LogP) is 3.99. The largest absolute Gasteiger partial charge is 0.416 e. The molecule has 16 heavy (non-hydrogen) atoms. The Labute approximate surface area is 111 Å². The van der Waals surface area contributed by atoms with E-state index in [1.807, 2.05) is 0 Å². The van der Waals surface area contributed by atoms with E-state index in [4.69, 9.17) is 4.42 Å². The van der Waals surface area contributed by atoms with Gasteiger partial charge in [0.25, 0.3) is 3.90 Å². The topological polar surface area (TPSA) is 38.9 Å². The molecule has 0 aliphatic heterocycles. The lowest BCUT2D eigenvalue weighted by molar-refractivity contribution is 0.161. The van der Waals surface area contributed by atoms with Gasteiger partial charge in [-0.05, 0) is 37.0 Å². The molecule has 0 unspecified atom stereocenters. The minimum atomic E-state index is 0.439. The molecule has 0 amide bonds. The highest BCUT2D eigenvalue weighted by atomic mass is 127. The number of hydrogen-bond donors (Lipinski definition) is 0. The van der Waals surface area contributed by atoms with Gasteiger partial charge in [-0.25, -0.2) is 0 Å². The Morgan fingerprint density at radius 1 is 1.12 bits per heavy atom. The van der Waals surface area contributed by atoms with Gasteiger partial charge in [-0.1, -0.05) is 20.8 Å². The van der Waals surface area contributed by atoms with Crippen molar-refractivity contribution in [1.82, 2.24) is 10.2 Å². The van der Waals surface area contributed by atoms with Crippen molar-refractivity contribution in [3.63, 3.8) is 0 Å². The van der Waals surface area contributed by atoms with E-state index in [1.165, 1.54) is 25.7 Å². The van der Waals surface area contributed by atoms with Crippen molar-refractivity contribution in [3.8, 4) is 0 Å². The number of halogens is 1. The van der Waals surface area contributed by atoms with Crippen LogP contribution >= 0.6 is 22.6 Å². The first-order valence-corrected chi connectivity index (χ1v) is 7.03. The summed E-state index contributed by atoms with van der Waals surface area (Å²) in [6.45, 7) is 7.02. The summed E-state index contributed by atoms with van der Waals surface area (Å²) in [5.41, 5.74) is 0.439. The van der Waals surface area contributed by atoms with Crippen LogP contribution < -0.4 is 0 Å². The lowest BCUT2D eigenvalue weighted by Crippen LogP contribution is -2.25. The summed E-state index contributed by atoms with van der Waals surface area (Å²) in [7, 11) is 0. The normalized spacial score (nSPS) is 27.0. The molecule has 90 valence electrons. The summed E-state index contributed by atoms with van der Waals surface area (Å²) in [5, 5.41) is 8.03. The molecule has 0 bridgehead atoms. The third-order valence-corrected chi connectivity index (χ3v) is 4.15. The zero-order valence-corrected chi connectivity index (χ0v) is 12.3. The SMILES string of the molecule is CC(C)(C)C1CCC(c2nnc(I)o2)CC1. The van der Waals surface area contributed by atoms with E-state index in [-0.39, 0.29) is 0 Å². The van der Waals surface area contributed by atoms with Crippen LogP contribution in [0.5, 0.6) is 0 Å². The third-order valence-electron chi connectivity index (χ3n) is 3.72. The Hall–Kier alpha value is -0.130. The number of nitrogens with zero attached hydrogens (tertiary/aromatic N) is 2. The van der Waals surface area contributed by atoms with Gasteiger partial charge >= 0.3 is 0 Å². The average molecular weight is 334 g/mol. The molecule has 1 saturated carbocycles. The maximum absolute atomic E-state index is 5.51. The molecule has 1 aliphatic carbocycles. The molecule has 0 N–H and O–H groups in total. The molecule has 0 radical (unpaired) electrons. The first kappa shape index (κ1) is 12.3. The molecule has 3 nitrogen and oxygen atoms in total. The number of aromatic nitrogens is 2. The van der Waals surface area contributed by atoms with E-state index < -0.39 is 0 Å². The van der Waals surface area contributed by atoms with Crippen molar-refractivity contribution in [2.75, 3.05) is 0 Å². The number of hydrogen-bond acceptors (Lipinski definition) is 3. The van der Waals surface area contributed by atoms with E-state index >= 15 is 0 Å². The second kappa shape index (κ2) is 4.63. The molecule has 0 aromatic carbocycles. The molecule has 2 rings (SSSR count). The molecule has 0 atom stereocenters. The van der Waals surface area contributed by atoms with E-state index in [9.17, 15) is 0 Å². The maximum atomic E-state index is 5.51. The lowest BCUT2D eigenvalue weighted by Gasteiger charge is -2.35. The highest BCUT2D eigenvalue weighted by Gasteiger charge is 2.32. The minimum Gasteiger partial charge on any atom is -0.416 e. The van der Waals surface area contributed by atoms with Crippen LogP contribution in [-0.4, -0.2) is 10.2 Å². The van der Waals surface area contributed by atoms with Gasteiger partial charge in [0, 0.05) is 28.5 Å². The van der Waals surface area contributed by atoms with Crippen molar-refractivity contribution in [2.24, 2.45) is 11.3 Å². The lowest BCUT2D eigenvalue weighted by atomic mass is 9.70. The van der Waals surface area contributed by atoms with Gasteiger partial charge in [-0.3, -0.25) is 0 Å². The summed E-state index contributed by atoms with van der Waals surface area (Å²) in [6.07, 6.45) is 4.96.